The van der Waals surface area contributed by atoms with Crippen LogP contribution in [-0.2, 0) is 11.3 Å². The van der Waals surface area contributed by atoms with Crippen molar-refractivity contribution in [2.75, 3.05) is 18.4 Å². The number of benzene rings is 2. The number of piperidine rings is 1. The van der Waals surface area contributed by atoms with Crippen molar-refractivity contribution < 1.29 is 14.0 Å². The Kier molecular flexibility index (Phi) is 7.00. The summed E-state index contributed by atoms with van der Waals surface area (Å²) >= 11 is 0. The van der Waals surface area contributed by atoms with Crippen LogP contribution in [0, 0.1) is 11.7 Å². The summed E-state index contributed by atoms with van der Waals surface area (Å²) < 4.78 is 13.2. The van der Waals surface area contributed by atoms with Gasteiger partial charge >= 0.3 is 6.03 Å². The van der Waals surface area contributed by atoms with E-state index in [1.165, 1.54) is 12.1 Å². The number of amides is 3. The maximum atomic E-state index is 13.2. The fourth-order valence-electron chi connectivity index (χ4n) is 3.48. The molecule has 148 valence electrons. The minimum atomic E-state index is -0.303. The van der Waals surface area contributed by atoms with E-state index in [1.54, 1.807) is 12.1 Å². The average Bonchev–Trinajstić information content (AvgIpc) is 2.72. The van der Waals surface area contributed by atoms with E-state index in [9.17, 15) is 14.0 Å². The number of hydrogen-bond donors (Lipinski definition) is 2. The highest BCUT2D eigenvalue weighted by atomic mass is 19.1. The number of carbonyl (C=O) groups is 2. The van der Waals surface area contributed by atoms with Crippen LogP contribution in [-0.4, -0.2) is 29.9 Å². The van der Waals surface area contributed by atoms with E-state index in [4.69, 9.17) is 0 Å². The summed E-state index contributed by atoms with van der Waals surface area (Å²) in [5.74, 6) is -0.0341. The number of carbonyl (C=O) groups excluding carboxylic acids is 2. The first-order valence-corrected chi connectivity index (χ1v) is 9.72. The van der Waals surface area contributed by atoms with Crippen LogP contribution in [0.4, 0.5) is 14.9 Å². The van der Waals surface area contributed by atoms with Gasteiger partial charge in [0.15, 0.2) is 0 Å². The van der Waals surface area contributed by atoms with Gasteiger partial charge in [-0.2, -0.15) is 0 Å². The molecule has 1 atom stereocenters. The lowest BCUT2D eigenvalue weighted by atomic mass is 9.93. The molecule has 1 heterocycles. The van der Waals surface area contributed by atoms with Gasteiger partial charge in [0.25, 0.3) is 0 Å². The van der Waals surface area contributed by atoms with Crippen molar-refractivity contribution in [3.8, 4) is 0 Å². The van der Waals surface area contributed by atoms with E-state index in [2.05, 4.69) is 10.6 Å². The third kappa shape index (κ3) is 6.08. The number of likely N-dealkylation sites (tertiary alicyclic amines) is 1. The molecule has 1 saturated heterocycles. The quantitative estimate of drug-likeness (QED) is 0.787. The summed E-state index contributed by atoms with van der Waals surface area (Å²) in [6.07, 6.45) is 3.11. The fraction of sp³-hybridized carbons (Fsp3) is 0.364. The molecule has 1 unspecified atom stereocenters. The second-order valence-electron chi connectivity index (χ2n) is 7.20. The molecule has 0 aliphatic carbocycles. The highest BCUT2D eigenvalue weighted by molar-refractivity contribution is 5.89. The van der Waals surface area contributed by atoms with Crippen molar-refractivity contribution >= 4 is 17.6 Å². The molecule has 28 heavy (non-hydrogen) atoms. The Hall–Kier alpha value is -2.89. The lowest BCUT2D eigenvalue weighted by molar-refractivity contribution is -0.121. The first-order valence-electron chi connectivity index (χ1n) is 9.72. The lowest BCUT2D eigenvalue weighted by Gasteiger charge is -2.32. The van der Waals surface area contributed by atoms with Crippen LogP contribution in [0.2, 0.25) is 0 Å². The summed E-state index contributed by atoms with van der Waals surface area (Å²) in [5.41, 5.74) is 1.53. The van der Waals surface area contributed by atoms with Gasteiger partial charge in [-0.3, -0.25) is 4.79 Å². The molecule has 1 aliphatic heterocycles. The molecule has 2 aromatic carbocycles. The number of urea groups is 1. The summed E-state index contributed by atoms with van der Waals surface area (Å²) in [6.45, 7) is 1.73. The number of nitrogens with zero attached hydrogens (tertiary/aromatic N) is 1. The molecule has 0 radical (unpaired) electrons. The Morgan fingerprint density at radius 3 is 2.71 bits per heavy atom. The van der Waals surface area contributed by atoms with Crippen LogP contribution < -0.4 is 10.6 Å². The zero-order valence-electron chi connectivity index (χ0n) is 15.9. The summed E-state index contributed by atoms with van der Waals surface area (Å²) in [4.78, 5) is 26.4. The van der Waals surface area contributed by atoms with E-state index in [0.29, 0.717) is 25.4 Å². The molecule has 3 amide bonds. The Morgan fingerprint density at radius 1 is 1.11 bits per heavy atom. The molecule has 6 heteroatoms. The van der Waals surface area contributed by atoms with Crippen molar-refractivity contribution in [2.45, 2.75) is 32.2 Å². The topological polar surface area (TPSA) is 61.4 Å². The number of hydrogen-bond acceptors (Lipinski definition) is 2. The minimum Gasteiger partial charge on any atom is -0.352 e. The Morgan fingerprint density at radius 2 is 1.93 bits per heavy atom. The highest BCUT2D eigenvalue weighted by Crippen LogP contribution is 2.22. The number of anilines is 1. The highest BCUT2D eigenvalue weighted by Gasteiger charge is 2.24. The summed E-state index contributed by atoms with van der Waals surface area (Å²) in [7, 11) is 0. The first-order chi connectivity index (χ1) is 13.6. The molecule has 2 N–H and O–H groups in total. The van der Waals surface area contributed by atoms with Gasteiger partial charge < -0.3 is 15.5 Å². The van der Waals surface area contributed by atoms with Crippen LogP contribution in [0.1, 0.15) is 31.2 Å². The monoisotopic (exact) mass is 383 g/mol. The van der Waals surface area contributed by atoms with Crippen LogP contribution >= 0.6 is 0 Å². The molecule has 1 aliphatic rings. The third-order valence-electron chi connectivity index (χ3n) is 4.99. The Bertz CT molecular complexity index is 797. The van der Waals surface area contributed by atoms with Gasteiger partial charge in [0, 0.05) is 31.7 Å². The SMILES string of the molecule is O=C(CCC1CCCN(C(=O)Nc2ccccc2)C1)NCc1cccc(F)c1. The average molecular weight is 383 g/mol. The molecule has 3 rings (SSSR count). The van der Waals surface area contributed by atoms with Crippen molar-refractivity contribution in [1.29, 1.82) is 0 Å². The van der Waals surface area contributed by atoms with E-state index in [0.717, 1.165) is 37.1 Å². The molecule has 0 bridgehead atoms. The minimum absolute atomic E-state index is 0.0462. The standard InChI is InChI=1S/C22H26FN3O2/c23-19-8-4-6-18(14-19)15-24-21(27)12-11-17-7-5-13-26(16-17)22(28)25-20-9-2-1-3-10-20/h1-4,6,8-10,14,17H,5,7,11-13,15-16H2,(H,24,27)(H,25,28). The molecular formula is C22H26FN3O2. The van der Waals surface area contributed by atoms with Crippen LogP contribution in [0.5, 0.6) is 0 Å². The normalized spacial score (nSPS) is 16.5. The van der Waals surface area contributed by atoms with E-state index >= 15 is 0 Å². The van der Waals surface area contributed by atoms with Crippen molar-refractivity contribution in [3.63, 3.8) is 0 Å². The van der Waals surface area contributed by atoms with Crippen molar-refractivity contribution in [2.24, 2.45) is 5.92 Å². The molecular weight excluding hydrogens is 357 g/mol. The van der Waals surface area contributed by atoms with Crippen molar-refractivity contribution in [3.05, 3.63) is 66.0 Å². The lowest BCUT2D eigenvalue weighted by Crippen LogP contribution is -2.42. The van der Waals surface area contributed by atoms with Gasteiger partial charge in [0.05, 0.1) is 0 Å². The van der Waals surface area contributed by atoms with Crippen LogP contribution in [0.15, 0.2) is 54.6 Å². The first kappa shape index (κ1) is 19.9. The Labute approximate surface area is 164 Å². The zero-order valence-corrected chi connectivity index (χ0v) is 15.9. The summed E-state index contributed by atoms with van der Waals surface area (Å²) in [5, 5.41) is 5.75. The molecule has 2 aromatic rings. The number of halogens is 1. The predicted molar refractivity (Wildman–Crippen MR) is 107 cm³/mol. The maximum absolute atomic E-state index is 13.2. The molecule has 0 aromatic heterocycles. The molecule has 1 fully saturated rings. The van der Waals surface area contributed by atoms with E-state index < -0.39 is 0 Å². The molecule has 0 saturated carbocycles. The van der Waals surface area contributed by atoms with Crippen LogP contribution in [0.3, 0.4) is 0 Å². The Balaban J connectivity index is 1.40. The van der Waals surface area contributed by atoms with Gasteiger partial charge in [-0.15, -0.1) is 0 Å². The summed E-state index contributed by atoms with van der Waals surface area (Å²) in [6, 6.07) is 15.5. The predicted octanol–water partition coefficient (Wildman–Crippen LogP) is 4.17. The number of rotatable bonds is 6. The third-order valence-corrected chi connectivity index (χ3v) is 4.99. The van der Waals surface area contributed by atoms with E-state index in [1.807, 2.05) is 35.2 Å². The van der Waals surface area contributed by atoms with Gasteiger partial charge in [-0.1, -0.05) is 30.3 Å². The van der Waals surface area contributed by atoms with Gasteiger partial charge in [-0.25, -0.2) is 9.18 Å². The molecule has 5 nitrogen and oxygen atoms in total. The number of nitrogens with one attached hydrogen (secondary N) is 2. The second kappa shape index (κ2) is 9.88. The number of para-hydroxylation sites is 1. The van der Waals surface area contributed by atoms with Gasteiger partial charge in [0.2, 0.25) is 5.91 Å². The van der Waals surface area contributed by atoms with Crippen molar-refractivity contribution in [1.82, 2.24) is 10.2 Å². The van der Waals surface area contributed by atoms with E-state index in [-0.39, 0.29) is 17.8 Å². The molecule has 0 spiro atoms. The zero-order chi connectivity index (χ0) is 19.8. The largest absolute Gasteiger partial charge is 0.352 e. The van der Waals surface area contributed by atoms with Gasteiger partial charge in [-0.05, 0) is 55.0 Å². The second-order valence-corrected chi connectivity index (χ2v) is 7.20. The maximum Gasteiger partial charge on any atom is 0.321 e. The smallest absolute Gasteiger partial charge is 0.321 e. The van der Waals surface area contributed by atoms with Crippen LogP contribution in [0.25, 0.3) is 0 Å². The van der Waals surface area contributed by atoms with Gasteiger partial charge in [0.1, 0.15) is 5.82 Å². The fourth-order valence-corrected chi connectivity index (χ4v) is 3.48.